The van der Waals surface area contributed by atoms with E-state index in [2.05, 4.69) is 6.58 Å². The van der Waals surface area contributed by atoms with Crippen LogP contribution in [0.5, 0.6) is 0 Å². The van der Waals surface area contributed by atoms with Crippen LogP contribution in [-0.4, -0.2) is 36.5 Å². The Morgan fingerprint density at radius 3 is 2.45 bits per heavy atom. The van der Waals surface area contributed by atoms with E-state index in [1.54, 1.807) is 6.92 Å². The summed E-state index contributed by atoms with van der Waals surface area (Å²) >= 11 is 0. The van der Waals surface area contributed by atoms with Gasteiger partial charge in [-0.15, -0.1) is 0 Å². The average molecular weight is 306 g/mol. The first-order valence-electron chi connectivity index (χ1n) is 8.62. The molecular weight excluding hydrogens is 280 g/mol. The van der Waals surface area contributed by atoms with Crippen molar-refractivity contribution < 1.29 is 19.0 Å². The maximum absolute atomic E-state index is 12.1. The Hall–Kier alpha value is -0.870. The summed E-state index contributed by atoms with van der Waals surface area (Å²) in [6, 6.07) is 0. The molecule has 0 aromatic rings. The molecule has 1 heterocycles. The smallest absolute Gasteiger partial charge is 0.333 e. The predicted molar refractivity (Wildman–Crippen MR) is 81.4 cm³/mol. The van der Waals surface area contributed by atoms with Gasteiger partial charge in [-0.25, -0.2) is 4.79 Å². The Kier molecular flexibility index (Phi) is 3.39. The molecule has 4 heteroatoms. The number of rotatable bonds is 6. The Morgan fingerprint density at radius 1 is 1.23 bits per heavy atom. The van der Waals surface area contributed by atoms with Crippen LogP contribution < -0.4 is 0 Å². The second-order valence-electron chi connectivity index (χ2n) is 8.09. The lowest BCUT2D eigenvalue weighted by Gasteiger charge is -2.60. The summed E-state index contributed by atoms with van der Waals surface area (Å²) in [5.41, 5.74) is 0.140. The van der Waals surface area contributed by atoms with Crippen molar-refractivity contribution in [2.75, 3.05) is 13.2 Å². The van der Waals surface area contributed by atoms with Gasteiger partial charge in [-0.2, -0.15) is 0 Å². The quantitative estimate of drug-likeness (QED) is 0.430. The zero-order valence-corrected chi connectivity index (χ0v) is 13.4. The molecule has 3 atom stereocenters. The van der Waals surface area contributed by atoms with Crippen LogP contribution in [0.3, 0.4) is 0 Å². The molecule has 0 radical (unpaired) electrons. The zero-order valence-electron chi connectivity index (χ0n) is 13.4. The molecule has 22 heavy (non-hydrogen) atoms. The van der Waals surface area contributed by atoms with Gasteiger partial charge in [-0.3, -0.25) is 0 Å². The van der Waals surface area contributed by atoms with E-state index in [9.17, 15) is 4.79 Å². The fraction of sp³-hybridized carbons (Fsp3) is 0.833. The first-order chi connectivity index (χ1) is 10.5. The van der Waals surface area contributed by atoms with E-state index in [0.29, 0.717) is 23.5 Å². The number of ether oxygens (including phenoxy) is 3. The number of carbonyl (C=O) groups excluding carboxylic acids is 1. The van der Waals surface area contributed by atoms with Gasteiger partial charge in [-0.05, 0) is 57.3 Å². The summed E-state index contributed by atoms with van der Waals surface area (Å²) in [6.07, 6.45) is 7.88. The molecule has 4 bridgehead atoms. The molecule has 3 unspecified atom stereocenters. The number of hydrogen-bond donors (Lipinski definition) is 0. The number of hydrogen-bond acceptors (Lipinski definition) is 4. The molecule has 0 N–H and O–H groups in total. The van der Waals surface area contributed by atoms with Crippen molar-refractivity contribution >= 4 is 5.97 Å². The molecule has 0 amide bonds. The number of carbonyl (C=O) groups is 1. The van der Waals surface area contributed by atoms with E-state index < -0.39 is 0 Å². The molecule has 122 valence electrons. The Bertz CT molecular complexity index is 479. The van der Waals surface area contributed by atoms with E-state index in [0.717, 1.165) is 51.7 Å². The van der Waals surface area contributed by atoms with Crippen molar-refractivity contribution in [1.82, 2.24) is 0 Å². The molecule has 4 nitrogen and oxygen atoms in total. The van der Waals surface area contributed by atoms with Crippen LogP contribution in [0, 0.1) is 11.8 Å². The molecule has 0 spiro atoms. The second-order valence-corrected chi connectivity index (χ2v) is 8.09. The highest BCUT2D eigenvalue weighted by molar-refractivity contribution is 5.87. The molecule has 1 aliphatic heterocycles. The van der Waals surface area contributed by atoms with Gasteiger partial charge in [-0.1, -0.05) is 6.58 Å². The first-order valence-corrected chi connectivity index (χ1v) is 8.62. The third-order valence-corrected chi connectivity index (χ3v) is 5.86. The van der Waals surface area contributed by atoms with Crippen molar-refractivity contribution in [3.8, 4) is 0 Å². The fourth-order valence-corrected chi connectivity index (χ4v) is 5.31. The zero-order chi connectivity index (χ0) is 15.4. The average Bonchev–Trinajstić information content (AvgIpc) is 3.20. The molecule has 5 aliphatic rings. The molecule has 1 saturated heterocycles. The van der Waals surface area contributed by atoms with Gasteiger partial charge in [0.15, 0.2) is 0 Å². The summed E-state index contributed by atoms with van der Waals surface area (Å²) in [6.45, 7) is 7.12. The van der Waals surface area contributed by atoms with Crippen molar-refractivity contribution in [3.63, 3.8) is 0 Å². The third-order valence-electron chi connectivity index (χ3n) is 5.86. The Morgan fingerprint density at radius 2 is 1.86 bits per heavy atom. The van der Waals surface area contributed by atoms with E-state index in [-0.39, 0.29) is 17.2 Å². The maximum Gasteiger partial charge on any atom is 0.333 e. The lowest BCUT2D eigenvalue weighted by molar-refractivity contribution is -0.232. The van der Waals surface area contributed by atoms with Crippen LogP contribution in [0.25, 0.3) is 0 Å². The van der Waals surface area contributed by atoms with Crippen molar-refractivity contribution in [2.24, 2.45) is 11.8 Å². The largest absolute Gasteiger partial charge is 0.456 e. The van der Waals surface area contributed by atoms with Gasteiger partial charge >= 0.3 is 5.97 Å². The van der Waals surface area contributed by atoms with Gasteiger partial charge in [0.05, 0.1) is 18.3 Å². The van der Waals surface area contributed by atoms with E-state index in [4.69, 9.17) is 14.2 Å². The minimum atomic E-state index is -0.295. The van der Waals surface area contributed by atoms with Crippen LogP contribution >= 0.6 is 0 Å². The monoisotopic (exact) mass is 306 g/mol. The number of epoxide rings is 1. The van der Waals surface area contributed by atoms with Crippen molar-refractivity contribution in [1.29, 1.82) is 0 Å². The number of esters is 1. The highest BCUT2D eigenvalue weighted by Gasteiger charge is 2.60. The SMILES string of the molecule is C=C(C)C(=O)OC12CC3CC(CC(OCCC4CO4)(C3)C1)C2. The molecule has 4 aliphatic carbocycles. The van der Waals surface area contributed by atoms with Crippen LogP contribution in [0.4, 0.5) is 0 Å². The molecule has 0 aromatic heterocycles. The van der Waals surface area contributed by atoms with E-state index >= 15 is 0 Å². The maximum atomic E-state index is 12.1. The summed E-state index contributed by atoms with van der Waals surface area (Å²) in [4.78, 5) is 12.1. The van der Waals surface area contributed by atoms with Gasteiger partial charge < -0.3 is 14.2 Å². The fourth-order valence-electron chi connectivity index (χ4n) is 5.31. The van der Waals surface area contributed by atoms with Crippen molar-refractivity contribution in [3.05, 3.63) is 12.2 Å². The van der Waals surface area contributed by atoms with Gasteiger partial charge in [0, 0.05) is 18.6 Å². The first kappa shape index (κ1) is 14.7. The van der Waals surface area contributed by atoms with Crippen LogP contribution in [-0.2, 0) is 19.0 Å². The van der Waals surface area contributed by atoms with Gasteiger partial charge in [0.25, 0.3) is 0 Å². The Labute approximate surface area is 132 Å². The second kappa shape index (κ2) is 5.07. The predicted octanol–water partition coefficient (Wildman–Crippen LogP) is 3.00. The van der Waals surface area contributed by atoms with Gasteiger partial charge in [0.2, 0.25) is 0 Å². The summed E-state index contributed by atoms with van der Waals surface area (Å²) in [7, 11) is 0. The lowest BCUT2D eigenvalue weighted by Crippen LogP contribution is -2.61. The Balaban J connectivity index is 1.47. The molecular formula is C18H26O4. The lowest BCUT2D eigenvalue weighted by atomic mass is 9.52. The van der Waals surface area contributed by atoms with Crippen LogP contribution in [0.1, 0.15) is 51.9 Å². The highest BCUT2D eigenvalue weighted by atomic mass is 16.6. The third kappa shape index (κ3) is 2.71. The van der Waals surface area contributed by atoms with Crippen LogP contribution in [0.2, 0.25) is 0 Å². The summed E-state index contributed by atoms with van der Waals surface area (Å²) in [5, 5.41) is 0. The van der Waals surface area contributed by atoms with Crippen LogP contribution in [0.15, 0.2) is 12.2 Å². The summed E-state index contributed by atoms with van der Waals surface area (Å²) < 4.78 is 17.6. The standard InChI is InChI=1S/C18H26O4/c1-12(2)16(19)22-18-8-13-5-14(9-18)7-17(6-13,11-18)21-4-3-15-10-20-15/h13-15H,1,3-11H2,2H3. The van der Waals surface area contributed by atoms with Gasteiger partial charge in [0.1, 0.15) is 5.60 Å². The minimum absolute atomic E-state index is 0.0612. The molecule has 4 saturated carbocycles. The molecule has 0 aromatic carbocycles. The van der Waals surface area contributed by atoms with Crippen molar-refractivity contribution in [2.45, 2.75) is 69.2 Å². The molecule has 5 fully saturated rings. The van der Waals surface area contributed by atoms with E-state index in [1.165, 1.54) is 6.42 Å². The topological polar surface area (TPSA) is 48.1 Å². The summed E-state index contributed by atoms with van der Waals surface area (Å²) in [5.74, 6) is 1.07. The molecule has 5 rings (SSSR count). The highest BCUT2D eigenvalue weighted by Crippen LogP contribution is 2.60. The normalized spacial score (nSPS) is 44.9. The van der Waals surface area contributed by atoms with E-state index in [1.807, 2.05) is 0 Å². The minimum Gasteiger partial charge on any atom is -0.456 e.